The molecule has 44 valence electrons. The summed E-state index contributed by atoms with van der Waals surface area (Å²) in [5.41, 5.74) is 0. The van der Waals surface area contributed by atoms with Gasteiger partial charge in [-0.1, -0.05) is 0 Å². The van der Waals surface area contributed by atoms with Crippen LogP contribution in [0.4, 0.5) is 0 Å². The summed E-state index contributed by atoms with van der Waals surface area (Å²) in [5, 5.41) is 17.3. The van der Waals surface area contributed by atoms with Gasteiger partial charge in [0.2, 0.25) is 0 Å². The van der Waals surface area contributed by atoms with Gasteiger partial charge in [0, 0.05) is 6.21 Å². The predicted octanol–water partition coefficient (Wildman–Crippen LogP) is -1.22. The van der Waals surface area contributed by atoms with Gasteiger partial charge >= 0.3 is 0 Å². The zero-order chi connectivity index (χ0) is 5.98. The Morgan fingerprint density at radius 2 is 2.12 bits per heavy atom. The van der Waals surface area contributed by atoms with E-state index in [1.165, 1.54) is 12.6 Å². The number of rotatable bonds is 0. The summed E-state index contributed by atoms with van der Waals surface area (Å²) in [7, 11) is 0. The lowest BCUT2D eigenvalue weighted by Crippen LogP contribution is -2.27. The highest BCUT2D eigenvalue weighted by molar-refractivity contribution is 5.77. The van der Waals surface area contributed by atoms with Crippen LogP contribution in [0.15, 0.2) is 9.98 Å². The maximum Gasteiger partial charge on any atom is 0.178 e. The Morgan fingerprint density at radius 3 is 2.50 bits per heavy atom. The molecule has 0 aromatic heterocycles. The quantitative estimate of drug-likeness (QED) is 0.414. The molecule has 0 saturated heterocycles. The van der Waals surface area contributed by atoms with Crippen molar-refractivity contribution < 1.29 is 10.2 Å². The lowest BCUT2D eigenvalue weighted by molar-refractivity contribution is 0.0686. The normalized spacial score (nSPS) is 35.8. The summed E-state index contributed by atoms with van der Waals surface area (Å²) >= 11 is 0. The maximum absolute atomic E-state index is 8.66. The van der Waals surface area contributed by atoms with E-state index in [2.05, 4.69) is 9.98 Å². The molecule has 2 atom stereocenters. The van der Waals surface area contributed by atoms with Crippen LogP contribution in [0.3, 0.4) is 0 Å². The van der Waals surface area contributed by atoms with Gasteiger partial charge in [-0.15, -0.1) is 0 Å². The second-order valence-corrected chi connectivity index (χ2v) is 1.47. The molecule has 0 bridgehead atoms. The summed E-state index contributed by atoms with van der Waals surface area (Å²) < 4.78 is 0. The number of aliphatic hydroxyl groups excluding tert-OH is 2. The molecular weight excluding hydrogens is 108 g/mol. The van der Waals surface area contributed by atoms with Gasteiger partial charge < -0.3 is 10.2 Å². The molecule has 0 radical (unpaired) electrons. The van der Waals surface area contributed by atoms with Gasteiger partial charge in [0.1, 0.15) is 12.4 Å². The standard InChI is InChI=1S/C4H6N2O2/c7-3-1-5-2-6-4(3)8/h1-4,7-8H. The molecule has 0 saturated carbocycles. The van der Waals surface area contributed by atoms with Gasteiger partial charge in [0.05, 0.1) is 0 Å². The Balaban J connectivity index is 2.59. The highest BCUT2D eigenvalue weighted by atomic mass is 16.3. The summed E-state index contributed by atoms with van der Waals surface area (Å²) in [6.07, 6.45) is 0.488. The number of hydrogen-bond donors (Lipinski definition) is 2. The van der Waals surface area contributed by atoms with Gasteiger partial charge in [-0.2, -0.15) is 0 Å². The van der Waals surface area contributed by atoms with Crippen molar-refractivity contribution in [1.29, 1.82) is 0 Å². The van der Waals surface area contributed by atoms with Crippen molar-refractivity contribution in [1.82, 2.24) is 0 Å². The zero-order valence-electron chi connectivity index (χ0n) is 4.10. The van der Waals surface area contributed by atoms with Gasteiger partial charge in [-0.05, 0) is 0 Å². The first-order chi connectivity index (χ1) is 3.80. The fourth-order valence-corrected chi connectivity index (χ4v) is 0.399. The fourth-order valence-electron chi connectivity index (χ4n) is 0.399. The molecule has 1 aliphatic rings. The van der Waals surface area contributed by atoms with Gasteiger partial charge in [-0.25, -0.2) is 9.98 Å². The van der Waals surface area contributed by atoms with E-state index >= 15 is 0 Å². The number of hydrogen-bond acceptors (Lipinski definition) is 4. The first-order valence-corrected chi connectivity index (χ1v) is 2.22. The number of aliphatic hydroxyl groups is 2. The molecule has 0 fully saturated rings. The van der Waals surface area contributed by atoms with Crippen molar-refractivity contribution in [2.24, 2.45) is 9.98 Å². The molecule has 4 heteroatoms. The summed E-state index contributed by atoms with van der Waals surface area (Å²) in [6, 6.07) is 0. The lowest BCUT2D eigenvalue weighted by atomic mass is 10.3. The summed E-state index contributed by atoms with van der Waals surface area (Å²) in [6.45, 7) is 0. The van der Waals surface area contributed by atoms with Crippen LogP contribution in [0, 0.1) is 0 Å². The Kier molecular flexibility index (Phi) is 1.36. The molecule has 2 N–H and O–H groups in total. The topological polar surface area (TPSA) is 65.2 Å². The molecule has 1 heterocycles. The molecule has 2 unspecified atom stereocenters. The third-order valence-corrected chi connectivity index (χ3v) is 0.830. The summed E-state index contributed by atoms with van der Waals surface area (Å²) in [5.74, 6) is 0. The van der Waals surface area contributed by atoms with Crippen LogP contribution >= 0.6 is 0 Å². The van der Waals surface area contributed by atoms with E-state index in [-0.39, 0.29) is 0 Å². The minimum atomic E-state index is -1.02. The fraction of sp³-hybridized carbons (Fsp3) is 0.500. The van der Waals surface area contributed by atoms with E-state index in [4.69, 9.17) is 10.2 Å². The molecule has 0 aromatic rings. The van der Waals surface area contributed by atoms with Crippen LogP contribution in [0.1, 0.15) is 0 Å². The third-order valence-electron chi connectivity index (χ3n) is 0.830. The second kappa shape index (κ2) is 2.02. The van der Waals surface area contributed by atoms with Crippen molar-refractivity contribution in [3.63, 3.8) is 0 Å². The third kappa shape index (κ3) is 0.907. The first kappa shape index (κ1) is 5.40. The molecule has 0 aromatic carbocycles. The first-order valence-electron chi connectivity index (χ1n) is 2.22. The smallest absolute Gasteiger partial charge is 0.178 e. The molecular formula is C4H6N2O2. The van der Waals surface area contributed by atoms with Crippen molar-refractivity contribution in [3.8, 4) is 0 Å². The molecule has 1 aliphatic heterocycles. The lowest BCUT2D eigenvalue weighted by Gasteiger charge is -2.09. The second-order valence-electron chi connectivity index (χ2n) is 1.47. The van der Waals surface area contributed by atoms with Crippen molar-refractivity contribution in [2.75, 3.05) is 0 Å². The van der Waals surface area contributed by atoms with E-state index in [0.29, 0.717) is 0 Å². The molecule has 0 amide bonds. The van der Waals surface area contributed by atoms with E-state index in [0.717, 1.165) is 0 Å². The predicted molar refractivity (Wildman–Crippen MR) is 29.0 cm³/mol. The van der Waals surface area contributed by atoms with Crippen LogP contribution in [0.5, 0.6) is 0 Å². The van der Waals surface area contributed by atoms with Crippen LogP contribution in [0.2, 0.25) is 0 Å². The largest absolute Gasteiger partial charge is 0.383 e. The minimum absolute atomic E-state index is 0.931. The highest BCUT2D eigenvalue weighted by Gasteiger charge is 2.12. The molecule has 8 heavy (non-hydrogen) atoms. The molecule has 1 rings (SSSR count). The Hall–Kier alpha value is -0.740. The van der Waals surface area contributed by atoms with Crippen LogP contribution in [-0.4, -0.2) is 35.1 Å². The molecule has 0 spiro atoms. The average molecular weight is 114 g/mol. The highest BCUT2D eigenvalue weighted by Crippen LogP contribution is 1.94. The number of aliphatic imine (C=N–C) groups is 2. The van der Waals surface area contributed by atoms with Crippen LogP contribution in [0.25, 0.3) is 0 Å². The van der Waals surface area contributed by atoms with E-state index in [9.17, 15) is 0 Å². The van der Waals surface area contributed by atoms with Gasteiger partial charge in [0.25, 0.3) is 0 Å². The van der Waals surface area contributed by atoms with Crippen LogP contribution < -0.4 is 0 Å². The Labute approximate surface area is 46.2 Å². The average Bonchev–Trinajstić information content (AvgIpc) is 1.77. The Bertz CT molecular complexity index is 116. The summed E-state index contributed by atoms with van der Waals surface area (Å²) in [4.78, 5) is 6.88. The minimum Gasteiger partial charge on any atom is -0.383 e. The monoisotopic (exact) mass is 114 g/mol. The zero-order valence-corrected chi connectivity index (χ0v) is 4.10. The van der Waals surface area contributed by atoms with Crippen LogP contribution in [-0.2, 0) is 0 Å². The Morgan fingerprint density at radius 1 is 1.38 bits per heavy atom. The van der Waals surface area contributed by atoms with Crippen molar-refractivity contribution in [2.45, 2.75) is 12.3 Å². The van der Waals surface area contributed by atoms with Gasteiger partial charge in [-0.3, -0.25) is 0 Å². The van der Waals surface area contributed by atoms with E-state index in [1.807, 2.05) is 0 Å². The number of nitrogens with zero attached hydrogens (tertiary/aromatic N) is 2. The SMILES string of the molecule is OC1C=NC=NC1O. The van der Waals surface area contributed by atoms with Crippen molar-refractivity contribution in [3.05, 3.63) is 0 Å². The maximum atomic E-state index is 8.66. The van der Waals surface area contributed by atoms with E-state index in [1.54, 1.807) is 0 Å². The molecule has 0 aliphatic carbocycles. The van der Waals surface area contributed by atoms with Gasteiger partial charge in [0.15, 0.2) is 6.23 Å². The van der Waals surface area contributed by atoms with E-state index < -0.39 is 12.3 Å². The van der Waals surface area contributed by atoms with Crippen molar-refractivity contribution >= 4 is 12.6 Å². The molecule has 4 nitrogen and oxygen atoms in total.